The third-order valence-corrected chi connectivity index (χ3v) is 6.44. The predicted octanol–water partition coefficient (Wildman–Crippen LogP) is 2.64. The molecule has 2 aromatic rings. The predicted molar refractivity (Wildman–Crippen MR) is 116 cm³/mol. The molecule has 0 saturated carbocycles. The Morgan fingerprint density at radius 2 is 2.06 bits per heavy atom. The van der Waals surface area contributed by atoms with Gasteiger partial charge >= 0.3 is 0 Å². The van der Waals surface area contributed by atoms with Crippen molar-refractivity contribution in [2.75, 3.05) is 43.1 Å². The average molecular weight is 422 g/mol. The molecule has 0 radical (unpaired) electrons. The van der Waals surface area contributed by atoms with Gasteiger partial charge < -0.3 is 19.9 Å². The molecule has 1 unspecified atom stereocenters. The zero-order valence-electron chi connectivity index (χ0n) is 17.5. The van der Waals surface area contributed by atoms with Gasteiger partial charge in [0.05, 0.1) is 29.5 Å². The van der Waals surface area contributed by atoms with E-state index in [2.05, 4.69) is 15.3 Å². The molecule has 0 bridgehead atoms. The summed E-state index contributed by atoms with van der Waals surface area (Å²) in [5.74, 6) is 1.01. The number of nitrogens with one attached hydrogen (secondary N) is 1. The highest BCUT2D eigenvalue weighted by molar-refractivity contribution is 6.04. The minimum Gasteiger partial charge on any atom is -0.381 e. The van der Waals surface area contributed by atoms with E-state index in [0.29, 0.717) is 36.1 Å². The van der Waals surface area contributed by atoms with Crippen LogP contribution in [0.2, 0.25) is 0 Å². The van der Waals surface area contributed by atoms with Crippen LogP contribution in [0.25, 0.3) is 0 Å². The number of carbonyl (C=O) groups is 2. The molecule has 2 fully saturated rings. The highest BCUT2D eigenvalue weighted by Crippen LogP contribution is 2.34. The Labute approximate surface area is 181 Å². The topological polar surface area (TPSA) is 87.7 Å². The van der Waals surface area contributed by atoms with Crippen LogP contribution in [0.3, 0.4) is 0 Å². The Morgan fingerprint density at radius 1 is 1.19 bits per heavy atom. The standard InChI is InChI=1S/C23H27N5O3/c29-21-14-26-22-20(28(21)15-16-6-10-31-11-7-16)12-17(13-25-22)23(30)27-9-3-5-19(27)18-4-1-2-8-24-18/h1-2,4,8,12-13,16,19H,3,5-7,9-11,14-15H2,(H,25,26). The molecule has 5 heterocycles. The lowest BCUT2D eigenvalue weighted by atomic mass is 9.99. The van der Waals surface area contributed by atoms with Crippen molar-refractivity contribution in [2.24, 2.45) is 5.92 Å². The molecule has 5 rings (SSSR count). The molecule has 1 N–H and O–H groups in total. The van der Waals surface area contributed by atoms with E-state index in [0.717, 1.165) is 44.6 Å². The van der Waals surface area contributed by atoms with Crippen LogP contribution in [0.1, 0.15) is 47.8 Å². The number of anilines is 2. The Balaban J connectivity index is 1.40. The van der Waals surface area contributed by atoms with Crippen LogP contribution in [0, 0.1) is 5.92 Å². The van der Waals surface area contributed by atoms with E-state index in [1.54, 1.807) is 17.3 Å². The molecule has 2 aromatic heterocycles. The number of rotatable bonds is 4. The summed E-state index contributed by atoms with van der Waals surface area (Å²) in [7, 11) is 0. The van der Waals surface area contributed by atoms with Crippen molar-refractivity contribution < 1.29 is 14.3 Å². The fourth-order valence-electron chi connectivity index (χ4n) is 4.74. The number of pyridine rings is 2. The van der Waals surface area contributed by atoms with Crippen LogP contribution in [0.15, 0.2) is 36.7 Å². The fraction of sp³-hybridized carbons (Fsp3) is 0.478. The molecule has 0 aromatic carbocycles. The van der Waals surface area contributed by atoms with Gasteiger partial charge in [-0.2, -0.15) is 0 Å². The third kappa shape index (κ3) is 3.99. The van der Waals surface area contributed by atoms with Crippen LogP contribution >= 0.6 is 0 Å². The summed E-state index contributed by atoms with van der Waals surface area (Å²) >= 11 is 0. The minimum absolute atomic E-state index is 0.0120. The Bertz CT molecular complexity index is 961. The van der Waals surface area contributed by atoms with Crippen molar-refractivity contribution in [1.29, 1.82) is 0 Å². The highest BCUT2D eigenvalue weighted by Gasteiger charge is 2.33. The van der Waals surface area contributed by atoms with E-state index >= 15 is 0 Å². The second kappa shape index (κ2) is 8.63. The average Bonchev–Trinajstić information content (AvgIpc) is 3.31. The number of hydrogen-bond acceptors (Lipinski definition) is 6. The van der Waals surface area contributed by atoms with Crippen molar-refractivity contribution in [3.05, 3.63) is 47.9 Å². The molecule has 8 heteroatoms. The van der Waals surface area contributed by atoms with Crippen molar-refractivity contribution in [2.45, 2.75) is 31.7 Å². The van der Waals surface area contributed by atoms with Crippen molar-refractivity contribution in [1.82, 2.24) is 14.9 Å². The second-order valence-electron chi connectivity index (χ2n) is 8.42. The molecule has 8 nitrogen and oxygen atoms in total. The Hall–Kier alpha value is -3.00. The lowest BCUT2D eigenvalue weighted by molar-refractivity contribution is -0.117. The monoisotopic (exact) mass is 421 g/mol. The quantitative estimate of drug-likeness (QED) is 0.817. The number of hydrogen-bond donors (Lipinski definition) is 1. The van der Waals surface area contributed by atoms with Gasteiger partial charge in [0, 0.05) is 38.7 Å². The van der Waals surface area contributed by atoms with Gasteiger partial charge in [0.15, 0.2) is 0 Å². The van der Waals surface area contributed by atoms with Gasteiger partial charge in [0.1, 0.15) is 5.82 Å². The second-order valence-corrected chi connectivity index (χ2v) is 8.42. The van der Waals surface area contributed by atoms with Gasteiger partial charge in [-0.1, -0.05) is 6.07 Å². The normalized spacial score (nSPS) is 21.7. The number of fused-ring (bicyclic) bond motifs is 1. The van der Waals surface area contributed by atoms with E-state index in [1.807, 2.05) is 29.2 Å². The lowest BCUT2D eigenvalue weighted by Gasteiger charge is -2.34. The maximum atomic E-state index is 13.4. The largest absolute Gasteiger partial charge is 0.381 e. The summed E-state index contributed by atoms with van der Waals surface area (Å²) in [6.07, 6.45) is 7.11. The van der Waals surface area contributed by atoms with Crippen LogP contribution in [0.4, 0.5) is 11.5 Å². The smallest absolute Gasteiger partial charge is 0.256 e. The van der Waals surface area contributed by atoms with E-state index in [-0.39, 0.29) is 24.4 Å². The molecule has 2 saturated heterocycles. The maximum absolute atomic E-state index is 13.4. The first-order valence-corrected chi connectivity index (χ1v) is 11.0. The van der Waals surface area contributed by atoms with Gasteiger partial charge in [0.2, 0.25) is 5.91 Å². The van der Waals surface area contributed by atoms with Crippen molar-refractivity contribution in [3.8, 4) is 0 Å². The molecular weight excluding hydrogens is 394 g/mol. The maximum Gasteiger partial charge on any atom is 0.256 e. The molecule has 31 heavy (non-hydrogen) atoms. The Kier molecular flexibility index (Phi) is 5.55. The Morgan fingerprint density at radius 3 is 2.87 bits per heavy atom. The molecular formula is C23H27N5O3. The van der Waals surface area contributed by atoms with E-state index < -0.39 is 0 Å². The molecule has 3 aliphatic rings. The zero-order chi connectivity index (χ0) is 21.2. The van der Waals surface area contributed by atoms with Crippen molar-refractivity contribution >= 4 is 23.3 Å². The van der Waals surface area contributed by atoms with Gasteiger partial charge in [-0.15, -0.1) is 0 Å². The molecule has 2 amide bonds. The first-order chi connectivity index (χ1) is 15.2. The van der Waals surface area contributed by atoms with Gasteiger partial charge in [-0.05, 0) is 49.8 Å². The van der Waals surface area contributed by atoms with Gasteiger partial charge in [0.25, 0.3) is 5.91 Å². The van der Waals surface area contributed by atoms with Crippen LogP contribution in [-0.4, -0.2) is 59.5 Å². The van der Waals surface area contributed by atoms with E-state index in [4.69, 9.17) is 4.74 Å². The number of carbonyl (C=O) groups excluding carboxylic acids is 2. The zero-order valence-corrected chi connectivity index (χ0v) is 17.5. The van der Waals surface area contributed by atoms with Crippen LogP contribution in [0.5, 0.6) is 0 Å². The number of aromatic nitrogens is 2. The summed E-state index contributed by atoms with van der Waals surface area (Å²) in [6.45, 7) is 3.03. The van der Waals surface area contributed by atoms with Crippen LogP contribution in [-0.2, 0) is 9.53 Å². The van der Waals surface area contributed by atoms with Crippen molar-refractivity contribution in [3.63, 3.8) is 0 Å². The molecule has 0 aliphatic carbocycles. The lowest BCUT2D eigenvalue weighted by Crippen LogP contribution is -2.44. The van der Waals surface area contributed by atoms with Gasteiger partial charge in [-0.25, -0.2) is 4.98 Å². The number of nitrogens with zero attached hydrogens (tertiary/aromatic N) is 4. The van der Waals surface area contributed by atoms with Gasteiger partial charge in [-0.3, -0.25) is 14.6 Å². The minimum atomic E-state index is -0.0625. The summed E-state index contributed by atoms with van der Waals surface area (Å²) in [5, 5.41) is 3.09. The summed E-state index contributed by atoms with van der Waals surface area (Å²) in [4.78, 5) is 38.8. The first kappa shape index (κ1) is 19.9. The van der Waals surface area contributed by atoms with E-state index in [9.17, 15) is 9.59 Å². The van der Waals surface area contributed by atoms with Crippen LogP contribution < -0.4 is 10.2 Å². The molecule has 162 valence electrons. The SMILES string of the molecule is O=C1CNc2ncc(C(=O)N3CCCC3c3ccccn3)cc2N1CC1CCOCC1. The third-order valence-electron chi connectivity index (χ3n) is 6.44. The first-order valence-electron chi connectivity index (χ1n) is 11.0. The molecule has 3 aliphatic heterocycles. The fourth-order valence-corrected chi connectivity index (χ4v) is 4.74. The molecule has 1 atom stereocenters. The summed E-state index contributed by atoms with van der Waals surface area (Å²) in [5.41, 5.74) is 2.12. The summed E-state index contributed by atoms with van der Waals surface area (Å²) in [6, 6.07) is 7.61. The summed E-state index contributed by atoms with van der Waals surface area (Å²) < 4.78 is 5.46. The number of likely N-dealkylation sites (tertiary alicyclic amines) is 1. The number of amides is 2. The molecule has 0 spiro atoms. The highest BCUT2D eigenvalue weighted by atomic mass is 16.5. The number of ether oxygens (including phenoxy) is 1. The van der Waals surface area contributed by atoms with E-state index in [1.165, 1.54) is 0 Å².